The predicted octanol–water partition coefficient (Wildman–Crippen LogP) is 2.61. The molecule has 3 rings (SSSR count). The van der Waals surface area contributed by atoms with Crippen molar-refractivity contribution in [3.63, 3.8) is 0 Å². The van der Waals surface area contributed by atoms with Gasteiger partial charge in [0.1, 0.15) is 23.7 Å². The number of nitrogens with zero attached hydrogens (tertiary/aromatic N) is 4. The molecule has 1 aliphatic heterocycles. The van der Waals surface area contributed by atoms with Gasteiger partial charge in [0, 0.05) is 25.6 Å². The fourth-order valence-electron chi connectivity index (χ4n) is 3.16. The van der Waals surface area contributed by atoms with Crippen LogP contribution in [-0.4, -0.2) is 45.3 Å². The normalized spacial score (nSPS) is 15.4. The molecule has 7 heteroatoms. The molecule has 1 amide bonds. The van der Waals surface area contributed by atoms with Gasteiger partial charge in [-0.15, -0.1) is 10.2 Å². The molecule has 0 radical (unpaired) electrons. The first-order valence-corrected chi connectivity index (χ1v) is 8.71. The first kappa shape index (κ1) is 17.4. The van der Waals surface area contributed by atoms with Crippen LogP contribution in [0.5, 0.6) is 5.75 Å². The van der Waals surface area contributed by atoms with Gasteiger partial charge in [-0.2, -0.15) is 0 Å². The minimum absolute atomic E-state index is 0.0949. The van der Waals surface area contributed by atoms with Gasteiger partial charge in [0.15, 0.2) is 0 Å². The van der Waals surface area contributed by atoms with Crippen LogP contribution in [0.15, 0.2) is 30.6 Å². The van der Waals surface area contributed by atoms with E-state index in [0.717, 1.165) is 38.3 Å². The molecule has 1 fully saturated rings. The highest BCUT2D eigenvalue weighted by atomic mass is 19.1. The zero-order valence-corrected chi connectivity index (χ0v) is 14.4. The largest absolute Gasteiger partial charge is 0.493 e. The second-order valence-electron chi connectivity index (χ2n) is 6.18. The van der Waals surface area contributed by atoms with Crippen LogP contribution >= 0.6 is 0 Å². The minimum atomic E-state index is -0.301. The number of halogens is 1. The molecule has 0 aliphatic carbocycles. The van der Waals surface area contributed by atoms with Gasteiger partial charge in [0.2, 0.25) is 5.91 Å². The molecule has 25 heavy (non-hydrogen) atoms. The van der Waals surface area contributed by atoms with Gasteiger partial charge in [0.25, 0.3) is 0 Å². The zero-order valence-electron chi connectivity index (χ0n) is 14.4. The molecule has 1 aromatic heterocycles. The summed E-state index contributed by atoms with van der Waals surface area (Å²) in [6, 6.07) is 5.82. The van der Waals surface area contributed by atoms with E-state index in [2.05, 4.69) is 21.7 Å². The molecule has 2 aromatic rings. The number of rotatable bonds is 6. The summed E-state index contributed by atoms with van der Waals surface area (Å²) in [4.78, 5) is 14.2. The van der Waals surface area contributed by atoms with Gasteiger partial charge >= 0.3 is 0 Å². The Balaban J connectivity index is 1.43. The second kappa shape index (κ2) is 8.09. The molecule has 0 N–H and O–H groups in total. The molecule has 1 aromatic carbocycles. The van der Waals surface area contributed by atoms with Crippen molar-refractivity contribution in [2.75, 3.05) is 19.7 Å². The van der Waals surface area contributed by atoms with Crippen molar-refractivity contribution in [2.24, 2.45) is 0 Å². The summed E-state index contributed by atoms with van der Waals surface area (Å²) in [7, 11) is 0. The molecule has 0 spiro atoms. The highest BCUT2D eigenvalue weighted by Gasteiger charge is 2.26. The Labute approximate surface area is 146 Å². The standard InChI is InChI=1S/C18H23FN4O2/c1-2-22-13-20-21-18(22)14-7-10-23(11-8-14)17(24)9-12-25-16-5-3-15(19)4-6-16/h3-6,13-14H,2,7-12H2,1H3. The lowest BCUT2D eigenvalue weighted by Crippen LogP contribution is -2.38. The molecule has 0 bridgehead atoms. The third kappa shape index (κ3) is 4.35. The molecular formula is C18H23FN4O2. The van der Waals surface area contributed by atoms with Crippen LogP contribution in [0, 0.1) is 5.82 Å². The Bertz CT molecular complexity index is 693. The molecular weight excluding hydrogens is 323 g/mol. The van der Waals surface area contributed by atoms with E-state index in [4.69, 9.17) is 4.74 Å². The van der Waals surface area contributed by atoms with E-state index < -0.39 is 0 Å². The zero-order chi connectivity index (χ0) is 17.6. The molecule has 6 nitrogen and oxygen atoms in total. The smallest absolute Gasteiger partial charge is 0.225 e. The number of hydrogen-bond acceptors (Lipinski definition) is 4. The van der Waals surface area contributed by atoms with E-state index in [0.29, 0.717) is 24.7 Å². The quantitative estimate of drug-likeness (QED) is 0.807. The Hall–Kier alpha value is -2.44. The first-order chi connectivity index (χ1) is 12.2. The van der Waals surface area contributed by atoms with Crippen LogP contribution in [0.4, 0.5) is 4.39 Å². The Morgan fingerprint density at radius 2 is 2.00 bits per heavy atom. The summed E-state index contributed by atoms with van der Waals surface area (Å²) < 4.78 is 20.4. The van der Waals surface area contributed by atoms with Gasteiger partial charge in [-0.05, 0) is 44.0 Å². The second-order valence-corrected chi connectivity index (χ2v) is 6.18. The monoisotopic (exact) mass is 346 g/mol. The van der Waals surface area contributed by atoms with Crippen LogP contribution in [-0.2, 0) is 11.3 Å². The predicted molar refractivity (Wildman–Crippen MR) is 90.8 cm³/mol. The number of likely N-dealkylation sites (tertiary alicyclic amines) is 1. The van der Waals surface area contributed by atoms with Crippen LogP contribution in [0.25, 0.3) is 0 Å². The van der Waals surface area contributed by atoms with E-state index >= 15 is 0 Å². The Kier molecular flexibility index (Phi) is 5.63. The molecule has 0 atom stereocenters. The fourth-order valence-corrected chi connectivity index (χ4v) is 3.16. The van der Waals surface area contributed by atoms with Gasteiger partial charge in [0.05, 0.1) is 13.0 Å². The highest BCUT2D eigenvalue weighted by molar-refractivity contribution is 5.76. The molecule has 0 unspecified atom stereocenters. The number of benzene rings is 1. The fraction of sp³-hybridized carbons (Fsp3) is 0.500. The number of aromatic nitrogens is 3. The number of aryl methyl sites for hydroxylation is 1. The molecule has 1 saturated heterocycles. The topological polar surface area (TPSA) is 60.2 Å². The summed E-state index contributed by atoms with van der Waals surface area (Å²) in [6.07, 6.45) is 3.90. The van der Waals surface area contributed by atoms with E-state index in [1.807, 2.05) is 4.90 Å². The first-order valence-electron chi connectivity index (χ1n) is 8.71. The maximum atomic E-state index is 12.8. The van der Waals surface area contributed by atoms with Crippen LogP contribution in [0.3, 0.4) is 0 Å². The van der Waals surface area contributed by atoms with Crippen molar-refractivity contribution in [1.82, 2.24) is 19.7 Å². The van der Waals surface area contributed by atoms with Crippen molar-refractivity contribution in [3.05, 3.63) is 42.2 Å². The van der Waals surface area contributed by atoms with Crippen molar-refractivity contribution in [2.45, 2.75) is 38.6 Å². The SMILES string of the molecule is CCn1cnnc1C1CCN(C(=O)CCOc2ccc(F)cc2)CC1. The van der Waals surface area contributed by atoms with Gasteiger partial charge in [-0.1, -0.05) is 0 Å². The van der Waals surface area contributed by atoms with Crippen molar-refractivity contribution in [3.8, 4) is 5.75 Å². The average molecular weight is 346 g/mol. The number of carbonyl (C=O) groups excluding carboxylic acids is 1. The van der Waals surface area contributed by atoms with Crippen molar-refractivity contribution >= 4 is 5.91 Å². The number of piperidine rings is 1. The van der Waals surface area contributed by atoms with Crippen molar-refractivity contribution in [1.29, 1.82) is 0 Å². The van der Waals surface area contributed by atoms with Gasteiger partial charge < -0.3 is 14.2 Å². The highest BCUT2D eigenvalue weighted by Crippen LogP contribution is 2.26. The molecule has 2 heterocycles. The van der Waals surface area contributed by atoms with Crippen LogP contribution < -0.4 is 4.74 Å². The summed E-state index contributed by atoms with van der Waals surface area (Å²) >= 11 is 0. The average Bonchev–Trinajstić information content (AvgIpc) is 3.12. The summed E-state index contributed by atoms with van der Waals surface area (Å²) in [5.74, 6) is 1.76. The van der Waals surface area contributed by atoms with E-state index in [-0.39, 0.29) is 11.7 Å². The van der Waals surface area contributed by atoms with E-state index in [1.54, 1.807) is 18.5 Å². The number of amides is 1. The minimum Gasteiger partial charge on any atom is -0.493 e. The molecule has 1 aliphatic rings. The van der Waals surface area contributed by atoms with Gasteiger partial charge in [-0.3, -0.25) is 4.79 Å². The summed E-state index contributed by atoms with van der Waals surface area (Å²) in [5.41, 5.74) is 0. The number of hydrogen-bond donors (Lipinski definition) is 0. The third-order valence-corrected chi connectivity index (χ3v) is 4.60. The summed E-state index contributed by atoms with van der Waals surface area (Å²) in [6.45, 7) is 4.71. The molecule has 134 valence electrons. The van der Waals surface area contributed by atoms with Crippen LogP contribution in [0.1, 0.15) is 37.9 Å². The third-order valence-electron chi connectivity index (χ3n) is 4.60. The van der Waals surface area contributed by atoms with E-state index in [1.165, 1.54) is 12.1 Å². The Morgan fingerprint density at radius 1 is 1.28 bits per heavy atom. The van der Waals surface area contributed by atoms with Crippen molar-refractivity contribution < 1.29 is 13.9 Å². The maximum absolute atomic E-state index is 12.8. The number of ether oxygens (including phenoxy) is 1. The lowest BCUT2D eigenvalue weighted by molar-refractivity contribution is -0.132. The van der Waals surface area contributed by atoms with E-state index in [9.17, 15) is 9.18 Å². The van der Waals surface area contributed by atoms with Gasteiger partial charge in [-0.25, -0.2) is 4.39 Å². The maximum Gasteiger partial charge on any atom is 0.225 e. The van der Waals surface area contributed by atoms with Crippen LogP contribution in [0.2, 0.25) is 0 Å². The lowest BCUT2D eigenvalue weighted by atomic mass is 9.95. The Morgan fingerprint density at radius 3 is 2.68 bits per heavy atom. The molecule has 0 saturated carbocycles. The lowest BCUT2D eigenvalue weighted by Gasteiger charge is -2.31. The summed E-state index contributed by atoms with van der Waals surface area (Å²) in [5, 5.41) is 8.22. The number of carbonyl (C=O) groups is 1.